The Labute approximate surface area is 99.9 Å². The summed E-state index contributed by atoms with van der Waals surface area (Å²) in [6.45, 7) is 5.84. The quantitative estimate of drug-likeness (QED) is 0.361. The highest BCUT2D eigenvalue weighted by molar-refractivity contribution is 7.99. The minimum absolute atomic E-state index is 0.133. The number of nitrogens with two attached hydrogens (primary N) is 1. The molecule has 0 aliphatic rings. The fourth-order valence-corrected chi connectivity index (χ4v) is 2.45. The Morgan fingerprint density at radius 1 is 1.67 bits per heavy atom. The molecule has 1 rings (SSSR count). The first kappa shape index (κ1) is 12.6. The summed E-state index contributed by atoms with van der Waals surface area (Å²) in [4.78, 5) is 1.14. The van der Waals surface area contributed by atoms with Gasteiger partial charge in [-0.25, -0.2) is 0 Å². The van der Waals surface area contributed by atoms with Crippen LogP contribution in [0.5, 0.6) is 0 Å². The molecule has 1 aromatic rings. The highest BCUT2D eigenvalue weighted by Gasteiger charge is 2.07. The van der Waals surface area contributed by atoms with Crippen LogP contribution in [0.15, 0.2) is 41.3 Å². The van der Waals surface area contributed by atoms with Crippen LogP contribution >= 0.6 is 23.4 Å². The lowest BCUT2D eigenvalue weighted by molar-refractivity contribution is 0.649. The number of hydrazine groups is 1. The van der Waals surface area contributed by atoms with Crippen molar-refractivity contribution in [2.45, 2.75) is 17.9 Å². The molecule has 82 valence electrons. The number of hydrogen-bond donors (Lipinski definition) is 2. The minimum Gasteiger partial charge on any atom is -0.271 e. The molecular weight excluding hydrogens is 228 g/mol. The SMILES string of the molecule is C=C(C)C(CSc1cccc(Cl)c1)NN. The predicted molar refractivity (Wildman–Crippen MR) is 68.1 cm³/mol. The Hall–Kier alpha value is -0.480. The van der Waals surface area contributed by atoms with E-state index in [-0.39, 0.29) is 6.04 Å². The third-order valence-electron chi connectivity index (χ3n) is 2.01. The Kier molecular flexibility index (Phi) is 5.19. The monoisotopic (exact) mass is 242 g/mol. The summed E-state index contributed by atoms with van der Waals surface area (Å²) < 4.78 is 0. The standard InChI is InChI=1S/C11H15ClN2S/c1-8(2)11(14-13)7-15-10-5-3-4-9(12)6-10/h3-6,11,14H,1,7,13H2,2H3. The largest absolute Gasteiger partial charge is 0.271 e. The summed E-state index contributed by atoms with van der Waals surface area (Å²) in [7, 11) is 0. The maximum Gasteiger partial charge on any atom is 0.0508 e. The van der Waals surface area contributed by atoms with E-state index in [0.717, 1.165) is 21.2 Å². The first-order valence-electron chi connectivity index (χ1n) is 4.63. The van der Waals surface area contributed by atoms with Gasteiger partial charge in [-0.05, 0) is 25.1 Å². The van der Waals surface area contributed by atoms with Crippen LogP contribution in [0.4, 0.5) is 0 Å². The molecule has 3 N–H and O–H groups in total. The van der Waals surface area contributed by atoms with Crippen LogP contribution in [0.2, 0.25) is 5.02 Å². The molecule has 0 bridgehead atoms. The van der Waals surface area contributed by atoms with E-state index in [0.29, 0.717) is 0 Å². The van der Waals surface area contributed by atoms with Gasteiger partial charge in [0.1, 0.15) is 0 Å². The van der Waals surface area contributed by atoms with Crippen molar-refractivity contribution >= 4 is 23.4 Å². The van der Waals surface area contributed by atoms with Crippen LogP contribution in [0, 0.1) is 0 Å². The van der Waals surface area contributed by atoms with Crippen LogP contribution in [-0.2, 0) is 0 Å². The topological polar surface area (TPSA) is 38.0 Å². The molecule has 0 aliphatic heterocycles. The zero-order valence-electron chi connectivity index (χ0n) is 8.66. The average Bonchev–Trinajstić information content (AvgIpc) is 2.18. The third kappa shape index (κ3) is 4.26. The van der Waals surface area contributed by atoms with Gasteiger partial charge in [-0.1, -0.05) is 29.8 Å². The number of rotatable bonds is 5. The van der Waals surface area contributed by atoms with Gasteiger partial charge in [0.05, 0.1) is 6.04 Å². The molecule has 15 heavy (non-hydrogen) atoms. The van der Waals surface area contributed by atoms with E-state index >= 15 is 0 Å². The number of hydrogen-bond acceptors (Lipinski definition) is 3. The van der Waals surface area contributed by atoms with Crippen molar-refractivity contribution in [2.75, 3.05) is 5.75 Å². The fourth-order valence-electron chi connectivity index (χ4n) is 1.07. The second kappa shape index (κ2) is 6.18. The fraction of sp³-hybridized carbons (Fsp3) is 0.273. The van der Waals surface area contributed by atoms with E-state index in [1.165, 1.54) is 0 Å². The second-order valence-corrected chi connectivity index (χ2v) is 4.86. The molecule has 0 radical (unpaired) electrons. The van der Waals surface area contributed by atoms with E-state index in [1.807, 2.05) is 31.2 Å². The lowest BCUT2D eigenvalue weighted by Gasteiger charge is -2.15. The highest BCUT2D eigenvalue weighted by atomic mass is 35.5. The number of halogens is 1. The maximum atomic E-state index is 5.89. The van der Waals surface area contributed by atoms with Crippen LogP contribution in [0.3, 0.4) is 0 Å². The van der Waals surface area contributed by atoms with Crippen molar-refractivity contribution in [3.63, 3.8) is 0 Å². The van der Waals surface area contributed by atoms with Gasteiger partial charge in [-0.3, -0.25) is 11.3 Å². The summed E-state index contributed by atoms with van der Waals surface area (Å²) >= 11 is 7.59. The van der Waals surface area contributed by atoms with Crippen molar-refractivity contribution in [1.29, 1.82) is 0 Å². The molecule has 0 saturated carbocycles. The van der Waals surface area contributed by atoms with Crippen molar-refractivity contribution in [1.82, 2.24) is 5.43 Å². The first-order valence-corrected chi connectivity index (χ1v) is 5.99. The maximum absolute atomic E-state index is 5.89. The molecule has 1 atom stereocenters. The van der Waals surface area contributed by atoms with Gasteiger partial charge in [0.25, 0.3) is 0 Å². The second-order valence-electron chi connectivity index (χ2n) is 3.33. The Morgan fingerprint density at radius 2 is 2.40 bits per heavy atom. The zero-order valence-corrected chi connectivity index (χ0v) is 10.2. The van der Waals surface area contributed by atoms with Gasteiger partial charge in [-0.15, -0.1) is 11.8 Å². The van der Waals surface area contributed by atoms with Gasteiger partial charge < -0.3 is 0 Å². The van der Waals surface area contributed by atoms with Crippen LogP contribution in [0.25, 0.3) is 0 Å². The Balaban J connectivity index is 2.52. The van der Waals surface area contributed by atoms with E-state index < -0.39 is 0 Å². The van der Waals surface area contributed by atoms with Crippen molar-refractivity contribution in [3.05, 3.63) is 41.4 Å². The molecule has 0 heterocycles. The van der Waals surface area contributed by atoms with E-state index in [2.05, 4.69) is 12.0 Å². The Morgan fingerprint density at radius 3 is 2.93 bits per heavy atom. The minimum atomic E-state index is 0.133. The molecule has 4 heteroatoms. The molecular formula is C11H15ClN2S. The third-order valence-corrected chi connectivity index (χ3v) is 3.33. The molecule has 2 nitrogen and oxygen atoms in total. The zero-order chi connectivity index (χ0) is 11.3. The summed E-state index contributed by atoms with van der Waals surface area (Å²) in [5.74, 6) is 6.27. The lowest BCUT2D eigenvalue weighted by atomic mass is 10.2. The predicted octanol–water partition coefficient (Wildman–Crippen LogP) is 2.84. The van der Waals surface area contributed by atoms with Crippen LogP contribution in [0.1, 0.15) is 6.92 Å². The van der Waals surface area contributed by atoms with Crippen LogP contribution < -0.4 is 11.3 Å². The molecule has 0 saturated heterocycles. The molecule has 0 aliphatic carbocycles. The lowest BCUT2D eigenvalue weighted by Crippen LogP contribution is -2.37. The summed E-state index contributed by atoms with van der Waals surface area (Å²) in [6.07, 6.45) is 0. The molecule has 0 fully saturated rings. The van der Waals surface area contributed by atoms with E-state index in [4.69, 9.17) is 17.4 Å². The van der Waals surface area contributed by atoms with Crippen molar-refractivity contribution < 1.29 is 0 Å². The molecule has 0 aromatic heterocycles. The van der Waals surface area contributed by atoms with Gasteiger partial charge in [-0.2, -0.15) is 0 Å². The van der Waals surface area contributed by atoms with Gasteiger partial charge in [0.2, 0.25) is 0 Å². The van der Waals surface area contributed by atoms with E-state index in [1.54, 1.807) is 11.8 Å². The number of nitrogens with one attached hydrogen (secondary N) is 1. The average molecular weight is 243 g/mol. The molecule has 1 aromatic carbocycles. The number of thioether (sulfide) groups is 1. The summed E-state index contributed by atoms with van der Waals surface area (Å²) in [5.41, 5.74) is 3.77. The van der Waals surface area contributed by atoms with Crippen molar-refractivity contribution in [3.8, 4) is 0 Å². The van der Waals surface area contributed by atoms with E-state index in [9.17, 15) is 0 Å². The highest BCUT2D eigenvalue weighted by Crippen LogP contribution is 2.23. The van der Waals surface area contributed by atoms with Crippen molar-refractivity contribution in [2.24, 2.45) is 5.84 Å². The molecule has 1 unspecified atom stereocenters. The summed E-state index contributed by atoms with van der Waals surface area (Å²) in [5, 5.41) is 0.757. The molecule has 0 amide bonds. The van der Waals surface area contributed by atoms with Gasteiger partial charge in [0.15, 0.2) is 0 Å². The molecule has 0 spiro atoms. The number of benzene rings is 1. The normalized spacial score (nSPS) is 12.5. The summed E-state index contributed by atoms with van der Waals surface area (Å²) in [6, 6.07) is 7.91. The smallest absolute Gasteiger partial charge is 0.0508 e. The van der Waals surface area contributed by atoms with Gasteiger partial charge >= 0.3 is 0 Å². The van der Waals surface area contributed by atoms with Crippen LogP contribution in [-0.4, -0.2) is 11.8 Å². The first-order chi connectivity index (χ1) is 7.13. The van der Waals surface area contributed by atoms with Gasteiger partial charge in [0, 0.05) is 15.7 Å². The Bertz CT molecular complexity index is 341.